The number of pyridine rings is 1. The first-order valence-corrected chi connectivity index (χ1v) is 8.26. The molecular weight excluding hydrogens is 334 g/mol. The first kappa shape index (κ1) is 19.4. The molecular formula is C19H23N3O4. The Hall–Kier alpha value is -2.93. The molecule has 2 amide bonds. The molecule has 0 atom stereocenters. The topological polar surface area (TPSA) is 89.4 Å². The Kier molecular flexibility index (Phi) is 6.68. The van der Waals surface area contributed by atoms with Crippen LogP contribution in [0.1, 0.15) is 21.6 Å². The first-order valence-electron chi connectivity index (χ1n) is 8.26. The van der Waals surface area contributed by atoms with E-state index in [1.54, 1.807) is 38.3 Å². The lowest BCUT2D eigenvalue weighted by Crippen LogP contribution is -2.35. The Labute approximate surface area is 152 Å². The number of hydrogen-bond acceptors (Lipinski definition) is 4. The van der Waals surface area contributed by atoms with Crippen LogP contribution in [0.15, 0.2) is 41.2 Å². The molecule has 0 aliphatic carbocycles. The van der Waals surface area contributed by atoms with Gasteiger partial charge in [0.1, 0.15) is 12.2 Å². The zero-order valence-corrected chi connectivity index (χ0v) is 15.2. The lowest BCUT2D eigenvalue weighted by Gasteiger charge is -2.13. The number of aryl methyl sites for hydroxylation is 2. The van der Waals surface area contributed by atoms with Crippen LogP contribution in [0.4, 0.5) is 5.69 Å². The van der Waals surface area contributed by atoms with Crippen molar-refractivity contribution in [3.63, 3.8) is 0 Å². The monoisotopic (exact) mass is 357 g/mol. The highest BCUT2D eigenvalue weighted by molar-refractivity contribution is 6.04. The van der Waals surface area contributed by atoms with Crippen molar-refractivity contribution >= 4 is 17.5 Å². The van der Waals surface area contributed by atoms with Gasteiger partial charge in [0.25, 0.3) is 11.5 Å². The zero-order valence-electron chi connectivity index (χ0n) is 15.2. The predicted octanol–water partition coefficient (Wildman–Crippen LogP) is 1.48. The Morgan fingerprint density at radius 2 is 1.77 bits per heavy atom. The average molecular weight is 357 g/mol. The van der Waals surface area contributed by atoms with Crippen molar-refractivity contribution in [2.24, 2.45) is 0 Å². The fourth-order valence-electron chi connectivity index (χ4n) is 2.35. The number of carbonyl (C=O) groups is 2. The Morgan fingerprint density at radius 1 is 1.08 bits per heavy atom. The summed E-state index contributed by atoms with van der Waals surface area (Å²) < 4.78 is 6.20. The van der Waals surface area contributed by atoms with Gasteiger partial charge in [-0.1, -0.05) is 17.7 Å². The normalized spacial score (nSPS) is 10.4. The van der Waals surface area contributed by atoms with Gasteiger partial charge in [-0.25, -0.2) is 0 Å². The van der Waals surface area contributed by atoms with Gasteiger partial charge in [-0.15, -0.1) is 0 Å². The van der Waals surface area contributed by atoms with Gasteiger partial charge < -0.3 is 19.9 Å². The lowest BCUT2D eigenvalue weighted by atomic mass is 10.1. The minimum absolute atomic E-state index is 0.122. The molecule has 2 rings (SSSR count). The lowest BCUT2D eigenvalue weighted by molar-refractivity contribution is -0.121. The van der Waals surface area contributed by atoms with Crippen molar-refractivity contribution in [3.05, 3.63) is 63.6 Å². The third kappa shape index (κ3) is 5.03. The van der Waals surface area contributed by atoms with E-state index in [-0.39, 0.29) is 24.0 Å². The largest absolute Gasteiger partial charge is 0.383 e. The van der Waals surface area contributed by atoms with E-state index in [1.807, 2.05) is 19.1 Å². The third-order valence-corrected chi connectivity index (χ3v) is 3.88. The van der Waals surface area contributed by atoms with Crippen LogP contribution in [0, 0.1) is 13.8 Å². The van der Waals surface area contributed by atoms with E-state index in [0.29, 0.717) is 24.4 Å². The molecule has 1 aromatic heterocycles. The number of hydrogen-bond donors (Lipinski definition) is 2. The summed E-state index contributed by atoms with van der Waals surface area (Å²) in [6.07, 6.45) is 0. The highest BCUT2D eigenvalue weighted by atomic mass is 16.5. The Morgan fingerprint density at radius 3 is 2.42 bits per heavy atom. The Balaban J connectivity index is 2.15. The number of carbonyl (C=O) groups excluding carboxylic acids is 2. The van der Waals surface area contributed by atoms with Gasteiger partial charge in [0.05, 0.1) is 6.61 Å². The molecule has 7 nitrogen and oxygen atoms in total. The fraction of sp³-hybridized carbons (Fsp3) is 0.316. The quantitative estimate of drug-likeness (QED) is 0.735. The highest BCUT2D eigenvalue weighted by Crippen LogP contribution is 2.08. The van der Waals surface area contributed by atoms with E-state index in [1.165, 1.54) is 4.57 Å². The van der Waals surface area contributed by atoms with Crippen molar-refractivity contribution < 1.29 is 14.3 Å². The number of methoxy groups -OCH3 is 1. The molecule has 0 saturated heterocycles. The van der Waals surface area contributed by atoms with Crippen molar-refractivity contribution in [1.29, 1.82) is 0 Å². The van der Waals surface area contributed by atoms with Gasteiger partial charge in [0, 0.05) is 24.9 Å². The van der Waals surface area contributed by atoms with Crippen molar-refractivity contribution in [2.45, 2.75) is 20.4 Å². The van der Waals surface area contributed by atoms with Crippen LogP contribution >= 0.6 is 0 Å². The van der Waals surface area contributed by atoms with Crippen molar-refractivity contribution in [1.82, 2.24) is 9.88 Å². The number of anilines is 1. The van der Waals surface area contributed by atoms with Gasteiger partial charge in [-0.2, -0.15) is 0 Å². The summed E-state index contributed by atoms with van der Waals surface area (Å²) in [6, 6.07) is 10.3. The predicted molar refractivity (Wildman–Crippen MR) is 99.5 cm³/mol. The first-order chi connectivity index (χ1) is 12.4. The number of nitrogens with one attached hydrogen (secondary N) is 2. The average Bonchev–Trinajstić information content (AvgIpc) is 2.62. The summed E-state index contributed by atoms with van der Waals surface area (Å²) in [4.78, 5) is 36.9. The number of ether oxygens (including phenoxy) is 1. The molecule has 2 N–H and O–H groups in total. The van der Waals surface area contributed by atoms with E-state index in [9.17, 15) is 14.4 Å². The van der Waals surface area contributed by atoms with E-state index in [0.717, 1.165) is 5.56 Å². The molecule has 2 aromatic rings. The molecule has 1 aromatic carbocycles. The smallest absolute Gasteiger partial charge is 0.274 e. The molecule has 7 heteroatoms. The number of benzene rings is 1. The molecule has 0 aliphatic heterocycles. The SMILES string of the molecule is COCCNC(=O)Cn1c(C)ccc(NC(=O)c2ccc(C)cc2)c1=O. The maximum absolute atomic E-state index is 12.6. The van der Waals surface area contributed by atoms with Crippen LogP contribution in [-0.2, 0) is 16.1 Å². The van der Waals surface area contributed by atoms with Crippen LogP contribution in [0.3, 0.4) is 0 Å². The van der Waals surface area contributed by atoms with Gasteiger partial charge in [0.2, 0.25) is 5.91 Å². The third-order valence-electron chi connectivity index (χ3n) is 3.88. The van der Waals surface area contributed by atoms with E-state index >= 15 is 0 Å². The van der Waals surface area contributed by atoms with Gasteiger partial charge in [-0.3, -0.25) is 14.4 Å². The fourth-order valence-corrected chi connectivity index (χ4v) is 2.35. The molecule has 0 spiro atoms. The summed E-state index contributed by atoms with van der Waals surface area (Å²) in [5.41, 5.74) is 1.83. The summed E-state index contributed by atoms with van der Waals surface area (Å²) >= 11 is 0. The maximum atomic E-state index is 12.6. The molecule has 0 unspecified atom stereocenters. The molecule has 0 radical (unpaired) electrons. The number of aromatic nitrogens is 1. The molecule has 1 heterocycles. The minimum atomic E-state index is -0.424. The van der Waals surface area contributed by atoms with Gasteiger partial charge in [0.15, 0.2) is 0 Å². The maximum Gasteiger partial charge on any atom is 0.274 e. The molecule has 0 aliphatic rings. The van der Waals surface area contributed by atoms with E-state index in [4.69, 9.17) is 4.74 Å². The van der Waals surface area contributed by atoms with Crippen molar-refractivity contribution in [2.75, 3.05) is 25.6 Å². The summed E-state index contributed by atoms with van der Waals surface area (Å²) in [5.74, 6) is -0.670. The van der Waals surface area contributed by atoms with E-state index in [2.05, 4.69) is 10.6 Å². The van der Waals surface area contributed by atoms with Gasteiger partial charge in [-0.05, 0) is 38.1 Å². The highest BCUT2D eigenvalue weighted by Gasteiger charge is 2.13. The van der Waals surface area contributed by atoms with Crippen LogP contribution in [-0.4, -0.2) is 36.6 Å². The summed E-state index contributed by atoms with van der Waals surface area (Å²) in [6.45, 7) is 4.30. The van der Waals surface area contributed by atoms with Crippen LogP contribution < -0.4 is 16.2 Å². The number of amides is 2. The molecule has 138 valence electrons. The second-order valence-electron chi connectivity index (χ2n) is 5.94. The van der Waals surface area contributed by atoms with E-state index < -0.39 is 5.56 Å². The summed E-state index contributed by atoms with van der Waals surface area (Å²) in [7, 11) is 1.54. The second-order valence-corrected chi connectivity index (χ2v) is 5.94. The number of nitrogens with zero attached hydrogens (tertiary/aromatic N) is 1. The summed E-state index contributed by atoms with van der Waals surface area (Å²) in [5, 5.41) is 5.28. The number of rotatable bonds is 7. The molecule has 0 fully saturated rings. The minimum Gasteiger partial charge on any atom is -0.383 e. The molecule has 0 saturated carbocycles. The zero-order chi connectivity index (χ0) is 19.1. The molecule has 26 heavy (non-hydrogen) atoms. The van der Waals surface area contributed by atoms with Crippen LogP contribution in [0.2, 0.25) is 0 Å². The Bertz CT molecular complexity index is 841. The van der Waals surface area contributed by atoms with Crippen LogP contribution in [0.5, 0.6) is 0 Å². The van der Waals surface area contributed by atoms with Crippen molar-refractivity contribution in [3.8, 4) is 0 Å². The molecule has 0 bridgehead atoms. The van der Waals surface area contributed by atoms with Gasteiger partial charge >= 0.3 is 0 Å². The van der Waals surface area contributed by atoms with Crippen LogP contribution in [0.25, 0.3) is 0 Å². The standard InChI is InChI=1S/C19H23N3O4/c1-13-4-7-15(8-5-13)18(24)21-16-9-6-14(2)22(19(16)25)12-17(23)20-10-11-26-3/h4-9H,10-12H2,1-3H3,(H,20,23)(H,21,24). The second kappa shape index (κ2) is 8.96.